The molecule has 1 rings (SSSR count). The first-order valence-electron chi connectivity index (χ1n) is 5.13. The van der Waals surface area contributed by atoms with Crippen LogP contribution >= 0.6 is 11.8 Å². The van der Waals surface area contributed by atoms with E-state index < -0.39 is 0 Å². The van der Waals surface area contributed by atoms with Gasteiger partial charge in [-0.05, 0) is 5.75 Å². The molecule has 4 heteroatoms. The van der Waals surface area contributed by atoms with Crippen molar-refractivity contribution in [3.8, 4) is 0 Å². The van der Waals surface area contributed by atoms with Gasteiger partial charge in [-0.15, -0.1) is 11.8 Å². The van der Waals surface area contributed by atoms with Crippen molar-refractivity contribution in [2.75, 3.05) is 18.1 Å². The van der Waals surface area contributed by atoms with Crippen LogP contribution < -0.4 is 5.32 Å². The van der Waals surface area contributed by atoms with Crippen molar-refractivity contribution in [3.05, 3.63) is 6.26 Å². The van der Waals surface area contributed by atoms with Crippen molar-refractivity contribution in [1.29, 1.82) is 0 Å². The molecule has 0 unspecified atom stereocenters. The van der Waals surface area contributed by atoms with Crippen LogP contribution in [0, 0.1) is 0 Å². The van der Waals surface area contributed by atoms with Crippen LogP contribution in [0.4, 0.5) is 5.69 Å². The number of anilines is 1. The molecule has 1 heterocycles. The first-order valence-corrected chi connectivity index (χ1v) is 6.12. The van der Waals surface area contributed by atoms with Gasteiger partial charge < -0.3 is 9.84 Å². The first-order chi connectivity index (χ1) is 6.88. The quantitative estimate of drug-likeness (QED) is 0.781. The minimum absolute atomic E-state index is 0.935. The van der Waals surface area contributed by atoms with Crippen LogP contribution in [0.25, 0.3) is 0 Å². The monoisotopic (exact) mass is 218 g/mol. The molecule has 0 aromatic carbocycles. The topological polar surface area (TPSA) is 38.1 Å². The van der Waals surface area contributed by atoms with Gasteiger partial charge in [-0.3, -0.25) is 0 Å². The minimum atomic E-state index is 0.935. The molecule has 3 nitrogen and oxygen atoms in total. The lowest BCUT2D eigenvalue weighted by atomic mass is 10.6. The van der Waals surface area contributed by atoms with E-state index in [1.165, 1.54) is 0 Å². The summed E-state index contributed by atoms with van der Waals surface area (Å²) in [5, 5.41) is 7.72. The fourth-order valence-electron chi connectivity index (χ4n) is 0.633. The molecule has 0 saturated heterocycles. The summed E-state index contributed by atoms with van der Waals surface area (Å²) in [5.41, 5.74) is 0.965. The summed E-state index contributed by atoms with van der Waals surface area (Å²) in [5.74, 6) is 1.02. The van der Waals surface area contributed by atoms with Gasteiger partial charge in [-0.25, -0.2) is 0 Å². The predicted octanol–water partition coefficient (Wildman–Crippen LogP) is 3.88. The molecule has 0 aliphatic rings. The second-order valence-corrected chi connectivity index (χ2v) is 2.97. The lowest BCUT2D eigenvalue weighted by Crippen LogP contribution is -1.86. The second-order valence-electron chi connectivity index (χ2n) is 1.72. The van der Waals surface area contributed by atoms with Gasteiger partial charge in [0.15, 0.2) is 5.03 Å². The molecule has 1 N–H and O–H groups in total. The van der Waals surface area contributed by atoms with E-state index in [1.807, 2.05) is 34.7 Å². The van der Waals surface area contributed by atoms with Crippen molar-refractivity contribution >= 4 is 17.4 Å². The third kappa shape index (κ3) is 5.91. The van der Waals surface area contributed by atoms with E-state index in [1.54, 1.807) is 18.0 Å². The van der Waals surface area contributed by atoms with E-state index in [-0.39, 0.29) is 0 Å². The highest BCUT2D eigenvalue weighted by Crippen LogP contribution is 2.24. The van der Waals surface area contributed by atoms with Gasteiger partial charge in [0.25, 0.3) is 0 Å². The van der Waals surface area contributed by atoms with Crippen LogP contribution in [-0.4, -0.2) is 18.0 Å². The maximum absolute atomic E-state index is 4.76. The number of rotatable bonds is 3. The van der Waals surface area contributed by atoms with Crippen LogP contribution in [0.2, 0.25) is 0 Å². The minimum Gasteiger partial charge on any atom is -0.383 e. The summed E-state index contributed by atoms with van der Waals surface area (Å²) < 4.78 is 4.76. The highest BCUT2D eigenvalue weighted by atomic mass is 32.2. The Hall–Kier alpha value is -0.640. The zero-order chi connectivity index (χ0) is 11.4. The van der Waals surface area contributed by atoms with Gasteiger partial charge in [0.1, 0.15) is 12.0 Å². The number of nitrogens with one attached hydrogen (secondary N) is 1. The molecule has 84 valence electrons. The fourth-order valence-corrected chi connectivity index (χ4v) is 1.31. The van der Waals surface area contributed by atoms with E-state index in [2.05, 4.69) is 17.4 Å². The maximum Gasteiger partial charge on any atom is 0.162 e. The van der Waals surface area contributed by atoms with Crippen LogP contribution in [0.1, 0.15) is 34.6 Å². The van der Waals surface area contributed by atoms with Gasteiger partial charge in [-0.2, -0.15) is 0 Å². The molecular weight excluding hydrogens is 196 g/mol. The van der Waals surface area contributed by atoms with Crippen molar-refractivity contribution in [1.82, 2.24) is 5.16 Å². The molecule has 1 aromatic rings. The van der Waals surface area contributed by atoms with Crippen LogP contribution in [0.15, 0.2) is 15.8 Å². The number of hydrogen-bond acceptors (Lipinski definition) is 4. The van der Waals surface area contributed by atoms with E-state index in [9.17, 15) is 0 Å². The lowest BCUT2D eigenvalue weighted by Gasteiger charge is -1.94. The SMILES string of the molecule is CC.CC.CCSc1nocc1NC. The molecule has 0 amide bonds. The molecule has 0 saturated carbocycles. The highest BCUT2D eigenvalue weighted by Gasteiger charge is 2.03. The van der Waals surface area contributed by atoms with E-state index in [0.29, 0.717) is 0 Å². The normalized spacial score (nSPS) is 7.86. The second kappa shape index (κ2) is 12.4. The van der Waals surface area contributed by atoms with Crippen LogP contribution in [0.5, 0.6) is 0 Å². The third-order valence-corrected chi connectivity index (χ3v) is 1.94. The first kappa shape index (κ1) is 15.8. The molecular formula is C10H22N2OS. The van der Waals surface area contributed by atoms with E-state index >= 15 is 0 Å². The summed E-state index contributed by atoms with van der Waals surface area (Å²) in [4.78, 5) is 0. The number of thioether (sulfide) groups is 1. The van der Waals surface area contributed by atoms with Gasteiger partial charge in [0.05, 0.1) is 0 Å². The summed E-state index contributed by atoms with van der Waals surface area (Å²) in [6.07, 6.45) is 1.61. The Morgan fingerprint density at radius 1 is 1.36 bits per heavy atom. The maximum atomic E-state index is 4.76. The zero-order valence-electron chi connectivity index (χ0n) is 10.0. The van der Waals surface area contributed by atoms with E-state index in [4.69, 9.17) is 4.52 Å². The Balaban J connectivity index is 0. The van der Waals surface area contributed by atoms with E-state index in [0.717, 1.165) is 16.5 Å². The zero-order valence-corrected chi connectivity index (χ0v) is 10.9. The van der Waals surface area contributed by atoms with Crippen LogP contribution in [-0.2, 0) is 0 Å². The fraction of sp³-hybridized carbons (Fsp3) is 0.700. The summed E-state index contributed by atoms with van der Waals surface area (Å²) in [6.45, 7) is 10.1. The Bertz CT molecular complexity index is 202. The lowest BCUT2D eigenvalue weighted by molar-refractivity contribution is 0.404. The predicted molar refractivity (Wildman–Crippen MR) is 65.1 cm³/mol. The molecule has 1 aromatic heterocycles. The number of nitrogens with zero attached hydrogens (tertiary/aromatic N) is 1. The molecule has 0 atom stereocenters. The molecule has 0 fully saturated rings. The van der Waals surface area contributed by atoms with Crippen LogP contribution in [0.3, 0.4) is 0 Å². The largest absolute Gasteiger partial charge is 0.383 e. The van der Waals surface area contributed by atoms with Gasteiger partial charge >= 0.3 is 0 Å². The number of hydrogen-bond donors (Lipinski definition) is 1. The number of aromatic nitrogens is 1. The summed E-state index contributed by atoms with van der Waals surface area (Å²) in [6, 6.07) is 0. The Morgan fingerprint density at radius 2 is 1.93 bits per heavy atom. The molecule has 0 spiro atoms. The van der Waals surface area contributed by atoms with Crippen molar-refractivity contribution in [2.24, 2.45) is 0 Å². The van der Waals surface area contributed by atoms with Gasteiger partial charge in [0, 0.05) is 7.05 Å². The standard InChI is InChI=1S/C6H10N2OS.2C2H6/c1-3-10-6-5(7-2)4-9-8-6;2*1-2/h4,7H,3H2,1-2H3;2*1-2H3. The van der Waals surface area contributed by atoms with Gasteiger partial charge in [-0.1, -0.05) is 39.8 Å². The molecule has 0 aliphatic heterocycles. The van der Waals surface area contributed by atoms with Crippen molar-refractivity contribution in [2.45, 2.75) is 39.6 Å². The molecule has 14 heavy (non-hydrogen) atoms. The smallest absolute Gasteiger partial charge is 0.162 e. The van der Waals surface area contributed by atoms with Gasteiger partial charge in [0.2, 0.25) is 0 Å². The summed E-state index contributed by atoms with van der Waals surface area (Å²) >= 11 is 1.67. The van der Waals surface area contributed by atoms with Crippen molar-refractivity contribution < 1.29 is 4.52 Å². The average molecular weight is 218 g/mol. The molecule has 0 aliphatic carbocycles. The summed E-state index contributed by atoms with van der Waals surface area (Å²) in [7, 11) is 1.85. The molecule has 0 bridgehead atoms. The Kier molecular flexibility index (Phi) is 14.0. The Morgan fingerprint density at radius 3 is 2.36 bits per heavy atom. The third-order valence-electron chi connectivity index (χ3n) is 1.09. The highest BCUT2D eigenvalue weighted by molar-refractivity contribution is 7.99. The molecule has 0 radical (unpaired) electrons. The Labute approximate surface area is 91.6 Å². The van der Waals surface area contributed by atoms with Crippen molar-refractivity contribution in [3.63, 3.8) is 0 Å². The average Bonchev–Trinajstić information content (AvgIpc) is 2.72.